The summed E-state index contributed by atoms with van der Waals surface area (Å²) in [4.78, 5) is 11.1. The van der Waals surface area contributed by atoms with E-state index in [0.29, 0.717) is 6.61 Å². The van der Waals surface area contributed by atoms with E-state index in [1.54, 1.807) is 6.92 Å². The zero-order valence-corrected chi connectivity index (χ0v) is 8.90. The maximum Gasteiger partial charge on any atom is 0.311 e. The first-order valence-corrected chi connectivity index (χ1v) is 3.77. The second-order valence-corrected chi connectivity index (χ2v) is 3.83. The average Bonchev–Trinajstić information content (AvgIpc) is 1.80. The molecular formula is C8H18ClNO2. The molecule has 0 saturated heterocycles. The maximum atomic E-state index is 11.1. The SMILES string of the molecule is C[C@H](N)COC(=O)C(C)(C)C.Cl. The molecule has 74 valence electrons. The van der Waals surface area contributed by atoms with Gasteiger partial charge in [-0.2, -0.15) is 0 Å². The third-order valence-electron chi connectivity index (χ3n) is 1.09. The number of rotatable bonds is 2. The minimum Gasteiger partial charge on any atom is -0.464 e. The predicted molar refractivity (Wildman–Crippen MR) is 51.3 cm³/mol. The molecule has 0 aliphatic rings. The van der Waals surface area contributed by atoms with Gasteiger partial charge in [0.15, 0.2) is 0 Å². The summed E-state index contributed by atoms with van der Waals surface area (Å²) < 4.78 is 4.90. The van der Waals surface area contributed by atoms with E-state index in [9.17, 15) is 4.79 Å². The first-order chi connectivity index (χ1) is 4.84. The van der Waals surface area contributed by atoms with Crippen molar-refractivity contribution in [2.24, 2.45) is 11.1 Å². The Balaban J connectivity index is 0. The molecule has 0 saturated carbocycles. The van der Waals surface area contributed by atoms with E-state index >= 15 is 0 Å². The fourth-order valence-electron chi connectivity index (χ4n) is 0.424. The fraction of sp³-hybridized carbons (Fsp3) is 0.875. The summed E-state index contributed by atoms with van der Waals surface area (Å²) in [7, 11) is 0. The monoisotopic (exact) mass is 195 g/mol. The molecule has 0 aromatic heterocycles. The molecule has 0 bridgehead atoms. The van der Waals surface area contributed by atoms with Crippen LogP contribution in [-0.2, 0) is 9.53 Å². The van der Waals surface area contributed by atoms with E-state index in [4.69, 9.17) is 10.5 Å². The van der Waals surface area contributed by atoms with Gasteiger partial charge in [0, 0.05) is 6.04 Å². The maximum absolute atomic E-state index is 11.1. The van der Waals surface area contributed by atoms with Crippen molar-refractivity contribution in [1.29, 1.82) is 0 Å². The van der Waals surface area contributed by atoms with Gasteiger partial charge in [-0.25, -0.2) is 0 Å². The van der Waals surface area contributed by atoms with Crippen LogP contribution in [0.4, 0.5) is 0 Å². The highest BCUT2D eigenvalue weighted by Crippen LogP contribution is 2.14. The molecule has 0 rings (SSSR count). The Morgan fingerprint density at radius 1 is 1.50 bits per heavy atom. The van der Waals surface area contributed by atoms with E-state index in [2.05, 4.69) is 0 Å². The minimum absolute atomic E-state index is 0. The van der Waals surface area contributed by atoms with Gasteiger partial charge in [-0.1, -0.05) is 0 Å². The van der Waals surface area contributed by atoms with Gasteiger partial charge in [-0.15, -0.1) is 12.4 Å². The van der Waals surface area contributed by atoms with Crippen molar-refractivity contribution in [3.63, 3.8) is 0 Å². The van der Waals surface area contributed by atoms with Crippen molar-refractivity contribution in [2.45, 2.75) is 33.7 Å². The van der Waals surface area contributed by atoms with Crippen LogP contribution < -0.4 is 5.73 Å². The van der Waals surface area contributed by atoms with Gasteiger partial charge in [0.1, 0.15) is 6.61 Å². The largest absolute Gasteiger partial charge is 0.464 e. The van der Waals surface area contributed by atoms with Crippen molar-refractivity contribution >= 4 is 18.4 Å². The third-order valence-corrected chi connectivity index (χ3v) is 1.09. The Bertz CT molecular complexity index is 140. The van der Waals surface area contributed by atoms with E-state index in [-0.39, 0.29) is 24.4 Å². The van der Waals surface area contributed by atoms with Gasteiger partial charge in [0.05, 0.1) is 5.41 Å². The van der Waals surface area contributed by atoms with Gasteiger partial charge >= 0.3 is 5.97 Å². The van der Waals surface area contributed by atoms with Crippen molar-refractivity contribution in [3.05, 3.63) is 0 Å². The number of carbonyl (C=O) groups excluding carboxylic acids is 1. The van der Waals surface area contributed by atoms with Crippen LogP contribution in [0.1, 0.15) is 27.7 Å². The normalized spacial score (nSPS) is 13.1. The van der Waals surface area contributed by atoms with E-state index in [1.807, 2.05) is 20.8 Å². The molecule has 0 aliphatic carbocycles. The summed E-state index contributed by atoms with van der Waals surface area (Å²) in [6, 6.07) is -0.0821. The van der Waals surface area contributed by atoms with E-state index < -0.39 is 5.41 Å². The highest BCUT2D eigenvalue weighted by molar-refractivity contribution is 5.85. The second-order valence-electron chi connectivity index (χ2n) is 3.83. The van der Waals surface area contributed by atoms with Crippen LogP contribution >= 0.6 is 12.4 Å². The van der Waals surface area contributed by atoms with Crippen LogP contribution in [0, 0.1) is 5.41 Å². The molecule has 0 aliphatic heterocycles. The minimum atomic E-state index is -0.422. The Morgan fingerprint density at radius 3 is 2.17 bits per heavy atom. The number of nitrogens with two attached hydrogens (primary N) is 1. The van der Waals surface area contributed by atoms with Gasteiger partial charge < -0.3 is 10.5 Å². The Morgan fingerprint density at radius 2 is 1.92 bits per heavy atom. The molecule has 0 aromatic rings. The van der Waals surface area contributed by atoms with Gasteiger partial charge in [0.25, 0.3) is 0 Å². The van der Waals surface area contributed by atoms with Crippen LogP contribution in [0.5, 0.6) is 0 Å². The van der Waals surface area contributed by atoms with Crippen LogP contribution in [0.15, 0.2) is 0 Å². The lowest BCUT2D eigenvalue weighted by Gasteiger charge is -2.17. The first kappa shape index (κ1) is 14.3. The van der Waals surface area contributed by atoms with Gasteiger partial charge in [-0.05, 0) is 27.7 Å². The topological polar surface area (TPSA) is 52.3 Å². The van der Waals surface area contributed by atoms with Gasteiger partial charge in [-0.3, -0.25) is 4.79 Å². The lowest BCUT2D eigenvalue weighted by atomic mass is 9.97. The molecule has 0 radical (unpaired) electrons. The first-order valence-electron chi connectivity index (χ1n) is 3.77. The molecule has 1 atom stereocenters. The highest BCUT2D eigenvalue weighted by Gasteiger charge is 2.22. The summed E-state index contributed by atoms with van der Waals surface area (Å²) in [5.74, 6) is -0.199. The number of esters is 1. The fourth-order valence-corrected chi connectivity index (χ4v) is 0.424. The van der Waals surface area contributed by atoms with Crippen molar-refractivity contribution in [2.75, 3.05) is 6.61 Å². The molecular weight excluding hydrogens is 178 g/mol. The number of hydrogen-bond acceptors (Lipinski definition) is 3. The lowest BCUT2D eigenvalue weighted by Crippen LogP contribution is -2.29. The smallest absolute Gasteiger partial charge is 0.311 e. The van der Waals surface area contributed by atoms with E-state index in [0.717, 1.165) is 0 Å². The zero-order chi connectivity index (χ0) is 9.07. The van der Waals surface area contributed by atoms with Crippen LogP contribution in [0.25, 0.3) is 0 Å². The molecule has 2 N–H and O–H groups in total. The number of hydrogen-bond donors (Lipinski definition) is 1. The quantitative estimate of drug-likeness (QED) is 0.677. The summed E-state index contributed by atoms with van der Waals surface area (Å²) in [5.41, 5.74) is 4.99. The molecule has 0 unspecified atom stereocenters. The average molecular weight is 196 g/mol. The standard InChI is InChI=1S/C8H17NO2.ClH/c1-6(9)5-11-7(10)8(2,3)4;/h6H,5,9H2,1-4H3;1H/t6-;/m0./s1. The highest BCUT2D eigenvalue weighted by atomic mass is 35.5. The van der Waals surface area contributed by atoms with Crippen LogP contribution in [-0.4, -0.2) is 18.6 Å². The molecule has 0 spiro atoms. The molecule has 4 heteroatoms. The molecule has 0 heterocycles. The summed E-state index contributed by atoms with van der Waals surface area (Å²) in [5, 5.41) is 0. The predicted octanol–water partition coefficient (Wildman–Crippen LogP) is 1.34. The van der Waals surface area contributed by atoms with Crippen molar-refractivity contribution in [3.8, 4) is 0 Å². The molecule has 3 nitrogen and oxygen atoms in total. The molecule has 0 fully saturated rings. The van der Waals surface area contributed by atoms with Crippen molar-refractivity contribution < 1.29 is 9.53 Å². The summed E-state index contributed by atoms with van der Waals surface area (Å²) in [6.07, 6.45) is 0. The van der Waals surface area contributed by atoms with E-state index in [1.165, 1.54) is 0 Å². The molecule has 0 aromatic carbocycles. The Hall–Kier alpha value is -0.280. The van der Waals surface area contributed by atoms with Crippen molar-refractivity contribution in [1.82, 2.24) is 0 Å². The lowest BCUT2D eigenvalue weighted by molar-refractivity contribution is -0.153. The van der Waals surface area contributed by atoms with Crippen LogP contribution in [0.2, 0.25) is 0 Å². The second kappa shape index (κ2) is 5.38. The summed E-state index contributed by atoms with van der Waals surface area (Å²) >= 11 is 0. The number of carbonyl (C=O) groups is 1. The molecule has 12 heavy (non-hydrogen) atoms. The summed E-state index contributed by atoms with van der Waals surface area (Å²) in [6.45, 7) is 7.55. The van der Waals surface area contributed by atoms with Crippen LogP contribution in [0.3, 0.4) is 0 Å². The molecule has 0 amide bonds. The Labute approximate surface area is 80.1 Å². The number of halogens is 1. The zero-order valence-electron chi connectivity index (χ0n) is 8.09. The number of ether oxygens (including phenoxy) is 1. The Kier molecular flexibility index (Phi) is 6.39. The third kappa shape index (κ3) is 6.43. The van der Waals surface area contributed by atoms with Gasteiger partial charge in [0.2, 0.25) is 0 Å².